The summed E-state index contributed by atoms with van der Waals surface area (Å²) in [5.41, 5.74) is 0. The Balaban J connectivity index is 2.10. The first-order valence-electron chi connectivity index (χ1n) is 7.67. The fraction of sp³-hybridized carbons (Fsp3) is 0.733. The highest BCUT2D eigenvalue weighted by atomic mass is 16.5. The molecule has 1 aromatic rings. The van der Waals surface area contributed by atoms with Crippen LogP contribution in [0.4, 0.5) is 5.95 Å². The molecule has 1 saturated heterocycles. The fourth-order valence-electron chi connectivity index (χ4n) is 2.56. The summed E-state index contributed by atoms with van der Waals surface area (Å²) in [5.74, 6) is 1.46. The van der Waals surface area contributed by atoms with E-state index in [-0.39, 0.29) is 6.10 Å². The molecule has 0 aromatic carbocycles. The molecule has 1 aromatic heterocycles. The van der Waals surface area contributed by atoms with Crippen molar-refractivity contribution in [3.63, 3.8) is 0 Å². The van der Waals surface area contributed by atoms with E-state index in [1.54, 1.807) is 6.20 Å². The summed E-state index contributed by atoms with van der Waals surface area (Å²) in [5, 5.41) is 3.44. The van der Waals surface area contributed by atoms with Gasteiger partial charge in [-0.1, -0.05) is 6.92 Å². The van der Waals surface area contributed by atoms with E-state index in [9.17, 15) is 0 Å². The summed E-state index contributed by atoms with van der Waals surface area (Å²) in [4.78, 5) is 11.3. The Kier molecular flexibility index (Phi) is 5.59. The minimum Gasteiger partial charge on any atom is -0.475 e. The fourth-order valence-corrected chi connectivity index (χ4v) is 2.56. The lowest BCUT2D eigenvalue weighted by molar-refractivity contribution is 0.232. The standard InChI is InChI=1S/C15H26N4O/c1-4-16-11-13-7-5-6-10-19(13)15-17-9-8-14(18-15)20-12(2)3/h8-9,12-13,16H,4-7,10-11H2,1-3H3. The smallest absolute Gasteiger partial charge is 0.228 e. The number of aromatic nitrogens is 2. The summed E-state index contributed by atoms with van der Waals surface area (Å²) in [6.45, 7) is 9.19. The van der Waals surface area contributed by atoms with E-state index >= 15 is 0 Å². The second kappa shape index (κ2) is 7.43. The van der Waals surface area contributed by atoms with Crippen molar-refractivity contribution in [2.75, 3.05) is 24.5 Å². The van der Waals surface area contributed by atoms with Gasteiger partial charge in [-0.25, -0.2) is 4.98 Å². The van der Waals surface area contributed by atoms with Gasteiger partial charge in [-0.05, 0) is 39.7 Å². The second-order valence-electron chi connectivity index (χ2n) is 5.51. The Bertz CT molecular complexity index is 411. The zero-order valence-electron chi connectivity index (χ0n) is 12.8. The minimum atomic E-state index is 0.136. The van der Waals surface area contributed by atoms with Crippen molar-refractivity contribution < 1.29 is 4.74 Å². The normalized spacial score (nSPS) is 19.4. The van der Waals surface area contributed by atoms with Crippen LogP contribution >= 0.6 is 0 Å². The number of likely N-dealkylation sites (N-methyl/N-ethyl adjacent to an activating group) is 1. The monoisotopic (exact) mass is 278 g/mol. The van der Waals surface area contributed by atoms with Gasteiger partial charge in [0, 0.05) is 31.4 Å². The molecule has 2 rings (SSSR count). The topological polar surface area (TPSA) is 50.3 Å². The Morgan fingerprint density at radius 2 is 2.30 bits per heavy atom. The number of anilines is 1. The number of hydrogen-bond acceptors (Lipinski definition) is 5. The molecule has 112 valence electrons. The predicted molar refractivity (Wildman–Crippen MR) is 81.3 cm³/mol. The molecule has 1 unspecified atom stereocenters. The highest BCUT2D eigenvalue weighted by Crippen LogP contribution is 2.23. The SMILES string of the molecule is CCNCC1CCCCN1c1nccc(OC(C)C)n1. The van der Waals surface area contributed by atoms with Gasteiger partial charge < -0.3 is 15.0 Å². The van der Waals surface area contributed by atoms with Gasteiger partial charge in [0.25, 0.3) is 0 Å². The molecule has 1 fully saturated rings. The molecule has 5 heteroatoms. The van der Waals surface area contributed by atoms with Gasteiger partial charge in [0.05, 0.1) is 6.10 Å². The Labute approximate surface area is 121 Å². The first-order valence-corrected chi connectivity index (χ1v) is 7.67. The van der Waals surface area contributed by atoms with Crippen molar-refractivity contribution in [2.24, 2.45) is 0 Å². The zero-order valence-corrected chi connectivity index (χ0v) is 12.8. The molecule has 0 saturated carbocycles. The summed E-state index contributed by atoms with van der Waals surface area (Å²) in [6.07, 6.45) is 5.62. The van der Waals surface area contributed by atoms with Gasteiger partial charge >= 0.3 is 0 Å². The van der Waals surface area contributed by atoms with Crippen LogP contribution in [-0.4, -0.2) is 41.7 Å². The van der Waals surface area contributed by atoms with Gasteiger partial charge in [-0.15, -0.1) is 0 Å². The van der Waals surface area contributed by atoms with Gasteiger partial charge in [0.1, 0.15) is 0 Å². The Morgan fingerprint density at radius 3 is 3.05 bits per heavy atom. The minimum absolute atomic E-state index is 0.136. The second-order valence-corrected chi connectivity index (χ2v) is 5.51. The van der Waals surface area contributed by atoms with Crippen molar-refractivity contribution in [1.82, 2.24) is 15.3 Å². The van der Waals surface area contributed by atoms with E-state index in [0.29, 0.717) is 11.9 Å². The molecule has 0 aliphatic carbocycles. The lowest BCUT2D eigenvalue weighted by Gasteiger charge is -2.36. The van der Waals surface area contributed by atoms with Gasteiger partial charge in [-0.3, -0.25) is 0 Å². The molecule has 1 aliphatic rings. The molecule has 5 nitrogen and oxygen atoms in total. The largest absolute Gasteiger partial charge is 0.475 e. The van der Waals surface area contributed by atoms with Crippen LogP contribution in [0.15, 0.2) is 12.3 Å². The van der Waals surface area contributed by atoms with E-state index < -0.39 is 0 Å². The van der Waals surface area contributed by atoms with Crippen molar-refractivity contribution in [3.05, 3.63) is 12.3 Å². The number of piperidine rings is 1. The highest BCUT2D eigenvalue weighted by Gasteiger charge is 2.24. The molecule has 0 spiro atoms. The molecule has 2 heterocycles. The highest BCUT2D eigenvalue weighted by molar-refractivity contribution is 5.34. The molecule has 1 atom stereocenters. The molecular formula is C15H26N4O. The zero-order chi connectivity index (χ0) is 14.4. The molecule has 1 aliphatic heterocycles. The van der Waals surface area contributed by atoms with Gasteiger partial charge in [0.2, 0.25) is 11.8 Å². The van der Waals surface area contributed by atoms with Gasteiger partial charge in [0.15, 0.2) is 0 Å². The molecule has 0 radical (unpaired) electrons. The number of ether oxygens (including phenoxy) is 1. The number of nitrogens with one attached hydrogen (secondary N) is 1. The molecule has 0 bridgehead atoms. The van der Waals surface area contributed by atoms with Crippen LogP contribution in [0.2, 0.25) is 0 Å². The van der Waals surface area contributed by atoms with Crippen molar-refractivity contribution >= 4 is 5.95 Å². The van der Waals surface area contributed by atoms with Crippen LogP contribution in [0.5, 0.6) is 5.88 Å². The lowest BCUT2D eigenvalue weighted by atomic mass is 10.0. The maximum atomic E-state index is 5.67. The van der Waals surface area contributed by atoms with Gasteiger partial charge in [-0.2, -0.15) is 4.98 Å². The number of rotatable bonds is 6. The molecule has 0 amide bonds. The van der Waals surface area contributed by atoms with E-state index in [1.165, 1.54) is 19.3 Å². The Hall–Kier alpha value is -1.36. The average Bonchev–Trinajstić information content (AvgIpc) is 2.45. The van der Waals surface area contributed by atoms with Crippen LogP contribution in [0.25, 0.3) is 0 Å². The molecular weight excluding hydrogens is 252 g/mol. The van der Waals surface area contributed by atoms with Crippen molar-refractivity contribution in [1.29, 1.82) is 0 Å². The summed E-state index contributed by atoms with van der Waals surface area (Å²) in [7, 11) is 0. The Morgan fingerprint density at radius 1 is 1.45 bits per heavy atom. The maximum Gasteiger partial charge on any atom is 0.228 e. The third kappa shape index (κ3) is 4.07. The van der Waals surface area contributed by atoms with Crippen molar-refractivity contribution in [2.45, 2.75) is 52.2 Å². The first-order chi connectivity index (χ1) is 9.70. The van der Waals surface area contributed by atoms with E-state index in [0.717, 1.165) is 25.6 Å². The predicted octanol–water partition coefficient (Wildman–Crippen LogP) is 2.23. The summed E-state index contributed by atoms with van der Waals surface area (Å²) in [6, 6.07) is 2.31. The van der Waals surface area contributed by atoms with E-state index in [4.69, 9.17) is 4.74 Å². The van der Waals surface area contributed by atoms with Crippen LogP contribution in [-0.2, 0) is 0 Å². The van der Waals surface area contributed by atoms with Crippen LogP contribution in [0, 0.1) is 0 Å². The molecule has 1 N–H and O–H groups in total. The van der Waals surface area contributed by atoms with Crippen molar-refractivity contribution in [3.8, 4) is 5.88 Å². The number of hydrogen-bond donors (Lipinski definition) is 1. The maximum absolute atomic E-state index is 5.67. The average molecular weight is 278 g/mol. The third-order valence-electron chi connectivity index (χ3n) is 3.49. The van der Waals surface area contributed by atoms with Crippen LogP contribution < -0.4 is 15.0 Å². The van der Waals surface area contributed by atoms with E-state index in [1.807, 2.05) is 19.9 Å². The molecule has 20 heavy (non-hydrogen) atoms. The van der Waals surface area contributed by atoms with E-state index in [2.05, 4.69) is 27.1 Å². The number of nitrogens with zero attached hydrogens (tertiary/aromatic N) is 3. The first kappa shape index (κ1) is 15.0. The third-order valence-corrected chi connectivity index (χ3v) is 3.49. The lowest BCUT2D eigenvalue weighted by Crippen LogP contribution is -2.46. The van der Waals surface area contributed by atoms with Crippen LogP contribution in [0.1, 0.15) is 40.0 Å². The van der Waals surface area contributed by atoms with Crippen LogP contribution in [0.3, 0.4) is 0 Å². The summed E-state index contributed by atoms with van der Waals surface area (Å²) >= 11 is 0. The summed E-state index contributed by atoms with van der Waals surface area (Å²) < 4.78 is 5.67. The quantitative estimate of drug-likeness (QED) is 0.865.